The van der Waals surface area contributed by atoms with Gasteiger partial charge in [0.2, 0.25) is 0 Å². The van der Waals surface area contributed by atoms with Crippen LogP contribution in [0.5, 0.6) is 0 Å². The van der Waals surface area contributed by atoms with Crippen molar-refractivity contribution in [3.05, 3.63) is 35.0 Å². The van der Waals surface area contributed by atoms with E-state index in [2.05, 4.69) is 15.3 Å². The van der Waals surface area contributed by atoms with Gasteiger partial charge in [0.15, 0.2) is 10.8 Å². The fourth-order valence-electron chi connectivity index (χ4n) is 1.28. The molecule has 18 heavy (non-hydrogen) atoms. The van der Waals surface area contributed by atoms with E-state index in [0.29, 0.717) is 23.3 Å². The van der Waals surface area contributed by atoms with Crippen molar-refractivity contribution in [2.45, 2.75) is 13.8 Å². The lowest BCUT2D eigenvalue weighted by molar-refractivity contribution is 0.0520. The van der Waals surface area contributed by atoms with Crippen LogP contribution < -0.4 is 5.32 Å². The van der Waals surface area contributed by atoms with E-state index < -0.39 is 5.97 Å². The second-order valence-electron chi connectivity index (χ2n) is 3.60. The Bertz CT molecular complexity index is 537. The van der Waals surface area contributed by atoms with Crippen molar-refractivity contribution in [3.63, 3.8) is 0 Å². The normalized spacial score (nSPS) is 10.1. The molecular weight excluding hydrogens is 250 g/mol. The van der Waals surface area contributed by atoms with E-state index in [1.807, 2.05) is 19.1 Å². The average Bonchev–Trinajstić information content (AvgIpc) is 2.81. The summed E-state index contributed by atoms with van der Waals surface area (Å²) in [5.74, 6) is 0.295. The molecule has 0 amide bonds. The predicted octanol–water partition coefficient (Wildman–Crippen LogP) is 2.77. The van der Waals surface area contributed by atoms with Crippen molar-refractivity contribution in [1.82, 2.24) is 9.97 Å². The maximum atomic E-state index is 11.4. The number of pyridine rings is 1. The van der Waals surface area contributed by atoms with E-state index in [-0.39, 0.29) is 0 Å². The summed E-state index contributed by atoms with van der Waals surface area (Å²) in [7, 11) is 0. The van der Waals surface area contributed by atoms with Gasteiger partial charge in [0.25, 0.3) is 0 Å². The summed E-state index contributed by atoms with van der Waals surface area (Å²) in [4.78, 5) is 19.8. The van der Waals surface area contributed by atoms with Gasteiger partial charge in [0.05, 0.1) is 6.61 Å². The summed E-state index contributed by atoms with van der Waals surface area (Å²) >= 11 is 1.34. The number of ether oxygens (including phenoxy) is 1. The van der Waals surface area contributed by atoms with Gasteiger partial charge < -0.3 is 10.1 Å². The van der Waals surface area contributed by atoms with Crippen LogP contribution in [0.1, 0.15) is 23.0 Å². The van der Waals surface area contributed by atoms with Gasteiger partial charge in [0, 0.05) is 11.6 Å². The number of aromatic nitrogens is 2. The van der Waals surface area contributed by atoms with Gasteiger partial charge in [-0.05, 0) is 25.5 Å². The summed E-state index contributed by atoms with van der Waals surface area (Å²) in [6, 6.07) is 3.82. The number of anilines is 2. The summed E-state index contributed by atoms with van der Waals surface area (Å²) in [5, 5.41) is 5.32. The van der Waals surface area contributed by atoms with Crippen LogP contribution in [0.25, 0.3) is 0 Å². The minimum atomic E-state index is -0.404. The molecule has 2 aromatic rings. The molecule has 0 atom stereocenters. The summed E-state index contributed by atoms with van der Waals surface area (Å²) in [6.07, 6.45) is 1.77. The average molecular weight is 263 g/mol. The molecule has 2 heterocycles. The molecular formula is C12H13N3O2S. The Balaban J connectivity index is 2.06. The highest BCUT2D eigenvalue weighted by Gasteiger charge is 2.11. The zero-order valence-electron chi connectivity index (χ0n) is 10.1. The molecule has 0 aliphatic rings. The lowest BCUT2D eigenvalue weighted by Gasteiger charge is -2.01. The molecule has 0 bridgehead atoms. The van der Waals surface area contributed by atoms with Crippen LogP contribution in [-0.4, -0.2) is 22.5 Å². The van der Waals surface area contributed by atoms with Gasteiger partial charge in [-0.2, -0.15) is 0 Å². The minimum absolute atomic E-state index is 0.316. The van der Waals surface area contributed by atoms with Crippen LogP contribution in [0.15, 0.2) is 23.7 Å². The molecule has 0 saturated heterocycles. The predicted molar refractivity (Wildman–Crippen MR) is 70.3 cm³/mol. The first-order valence-corrected chi connectivity index (χ1v) is 6.39. The summed E-state index contributed by atoms with van der Waals surface area (Å²) < 4.78 is 4.87. The standard InChI is InChI=1S/C12H13N3O2S/c1-3-17-11(16)9-7-18-12(14-9)15-10-5-4-8(2)6-13-10/h4-7H,3H2,1-2H3,(H,13,14,15). The van der Waals surface area contributed by atoms with E-state index in [1.54, 1.807) is 18.5 Å². The minimum Gasteiger partial charge on any atom is -0.461 e. The van der Waals surface area contributed by atoms with Crippen molar-refractivity contribution in [1.29, 1.82) is 0 Å². The Hall–Kier alpha value is -1.95. The van der Waals surface area contributed by atoms with E-state index >= 15 is 0 Å². The van der Waals surface area contributed by atoms with Crippen molar-refractivity contribution in [3.8, 4) is 0 Å². The topological polar surface area (TPSA) is 64.1 Å². The second kappa shape index (κ2) is 5.59. The lowest BCUT2D eigenvalue weighted by atomic mass is 10.3. The van der Waals surface area contributed by atoms with E-state index in [1.165, 1.54) is 11.3 Å². The molecule has 0 aromatic carbocycles. The Morgan fingerprint density at radius 3 is 3.00 bits per heavy atom. The molecule has 0 spiro atoms. The maximum absolute atomic E-state index is 11.4. The highest BCUT2D eigenvalue weighted by atomic mass is 32.1. The lowest BCUT2D eigenvalue weighted by Crippen LogP contribution is -2.05. The molecule has 0 aliphatic carbocycles. The Kier molecular flexibility index (Phi) is 3.88. The number of esters is 1. The van der Waals surface area contributed by atoms with Gasteiger partial charge in [0.1, 0.15) is 5.82 Å². The fourth-order valence-corrected chi connectivity index (χ4v) is 1.97. The molecule has 2 aromatic heterocycles. The number of rotatable bonds is 4. The van der Waals surface area contributed by atoms with Crippen LogP contribution in [0, 0.1) is 6.92 Å². The number of hydrogen-bond donors (Lipinski definition) is 1. The highest BCUT2D eigenvalue weighted by Crippen LogP contribution is 2.20. The third kappa shape index (κ3) is 3.04. The number of nitrogens with one attached hydrogen (secondary N) is 1. The maximum Gasteiger partial charge on any atom is 0.357 e. The van der Waals surface area contributed by atoms with Crippen LogP contribution in [0.4, 0.5) is 10.9 Å². The zero-order valence-corrected chi connectivity index (χ0v) is 11.0. The van der Waals surface area contributed by atoms with Gasteiger partial charge >= 0.3 is 5.97 Å². The third-order valence-electron chi connectivity index (χ3n) is 2.14. The summed E-state index contributed by atoms with van der Waals surface area (Å²) in [5.41, 5.74) is 1.41. The first-order valence-electron chi connectivity index (χ1n) is 5.51. The molecule has 5 nitrogen and oxygen atoms in total. The van der Waals surface area contributed by atoms with Crippen LogP contribution in [0.2, 0.25) is 0 Å². The molecule has 0 saturated carbocycles. The molecule has 0 radical (unpaired) electrons. The van der Waals surface area contributed by atoms with Gasteiger partial charge in [-0.25, -0.2) is 14.8 Å². The van der Waals surface area contributed by atoms with Crippen molar-refractivity contribution >= 4 is 28.3 Å². The number of carbonyl (C=O) groups excluding carboxylic acids is 1. The molecule has 0 fully saturated rings. The quantitative estimate of drug-likeness (QED) is 0.859. The zero-order chi connectivity index (χ0) is 13.0. The largest absolute Gasteiger partial charge is 0.461 e. The Morgan fingerprint density at radius 2 is 2.33 bits per heavy atom. The molecule has 6 heteroatoms. The monoisotopic (exact) mass is 263 g/mol. The molecule has 0 aliphatic heterocycles. The number of carbonyl (C=O) groups is 1. The number of hydrogen-bond acceptors (Lipinski definition) is 6. The smallest absolute Gasteiger partial charge is 0.357 e. The number of nitrogens with zero attached hydrogens (tertiary/aromatic N) is 2. The van der Waals surface area contributed by atoms with Crippen LogP contribution >= 0.6 is 11.3 Å². The van der Waals surface area contributed by atoms with E-state index in [4.69, 9.17) is 4.74 Å². The molecule has 1 N–H and O–H groups in total. The van der Waals surface area contributed by atoms with Crippen molar-refractivity contribution < 1.29 is 9.53 Å². The first-order chi connectivity index (χ1) is 8.69. The second-order valence-corrected chi connectivity index (χ2v) is 4.46. The van der Waals surface area contributed by atoms with Gasteiger partial charge in [-0.15, -0.1) is 11.3 Å². The van der Waals surface area contributed by atoms with E-state index in [0.717, 1.165) is 5.56 Å². The van der Waals surface area contributed by atoms with Gasteiger partial charge in [-0.3, -0.25) is 0 Å². The summed E-state index contributed by atoms with van der Waals surface area (Å²) in [6.45, 7) is 4.08. The number of aryl methyl sites for hydroxylation is 1. The SMILES string of the molecule is CCOC(=O)c1csc(Nc2ccc(C)cn2)n1. The molecule has 94 valence electrons. The Morgan fingerprint density at radius 1 is 1.50 bits per heavy atom. The fraction of sp³-hybridized carbons (Fsp3) is 0.250. The van der Waals surface area contributed by atoms with Crippen molar-refractivity contribution in [2.24, 2.45) is 0 Å². The molecule has 0 unspecified atom stereocenters. The third-order valence-corrected chi connectivity index (χ3v) is 2.89. The molecule has 2 rings (SSSR count). The Labute approximate surface area is 109 Å². The number of thiazole rings is 1. The highest BCUT2D eigenvalue weighted by molar-refractivity contribution is 7.14. The van der Waals surface area contributed by atoms with E-state index in [9.17, 15) is 4.79 Å². The van der Waals surface area contributed by atoms with Crippen molar-refractivity contribution in [2.75, 3.05) is 11.9 Å². The van der Waals surface area contributed by atoms with Gasteiger partial charge in [-0.1, -0.05) is 6.07 Å². The first kappa shape index (κ1) is 12.5. The van der Waals surface area contributed by atoms with Crippen LogP contribution in [0.3, 0.4) is 0 Å². The van der Waals surface area contributed by atoms with Crippen LogP contribution in [-0.2, 0) is 4.74 Å².